The number of benzene rings is 2. The van der Waals surface area contributed by atoms with Crippen molar-refractivity contribution in [1.29, 1.82) is 0 Å². The minimum absolute atomic E-state index is 0.0719. The Labute approximate surface area is 231 Å². The van der Waals surface area contributed by atoms with Gasteiger partial charge in [0.15, 0.2) is 11.0 Å². The smallest absolute Gasteiger partial charge is 0.197 e. The van der Waals surface area contributed by atoms with Crippen molar-refractivity contribution in [3.05, 3.63) is 51.7 Å². The van der Waals surface area contributed by atoms with Gasteiger partial charge < -0.3 is 65.0 Å². The van der Waals surface area contributed by atoms with Crippen LogP contribution < -0.4 is 5.43 Å². The van der Waals surface area contributed by atoms with E-state index in [2.05, 4.69) is 0 Å². The first-order chi connectivity index (χ1) is 19.4. The van der Waals surface area contributed by atoms with Crippen LogP contribution >= 0.6 is 0 Å². The molecule has 2 fully saturated rings. The van der Waals surface area contributed by atoms with E-state index >= 15 is 0 Å². The number of aliphatic hydroxyl groups is 7. The Hall–Kier alpha value is -3.31. The number of rotatable bonds is 4. The van der Waals surface area contributed by atoms with Crippen LogP contribution in [0.5, 0.6) is 17.2 Å². The van der Waals surface area contributed by atoms with E-state index in [4.69, 9.17) is 13.9 Å². The SMILES string of the molecule is C[C@@H]1O[C@@H](c2c(O)c([C@@H]3O[C@H](CO)[C@H](O)[C@H](O)[C@@H]3O)c(O)c3c(=O)cc(-c4ccc(O)cc4)oc23)[C@@H](O)[C@H](O)[C@@H]1O. The summed E-state index contributed by atoms with van der Waals surface area (Å²) < 4.78 is 17.2. The molecule has 0 bridgehead atoms. The highest BCUT2D eigenvalue weighted by Crippen LogP contribution is 2.50. The third-order valence-corrected chi connectivity index (χ3v) is 7.66. The highest BCUT2D eigenvalue weighted by Gasteiger charge is 2.49. The monoisotopic (exact) mass is 578 g/mol. The maximum atomic E-state index is 13.4. The zero-order valence-electron chi connectivity index (χ0n) is 21.5. The molecule has 14 heteroatoms. The van der Waals surface area contributed by atoms with Gasteiger partial charge in [-0.25, -0.2) is 0 Å². The van der Waals surface area contributed by atoms with E-state index in [-0.39, 0.29) is 11.5 Å². The van der Waals surface area contributed by atoms with E-state index in [1.807, 2.05) is 0 Å². The van der Waals surface area contributed by atoms with Crippen molar-refractivity contribution in [2.75, 3.05) is 6.61 Å². The zero-order chi connectivity index (χ0) is 29.9. The van der Waals surface area contributed by atoms with Gasteiger partial charge >= 0.3 is 0 Å². The van der Waals surface area contributed by atoms with Crippen LogP contribution in [0.4, 0.5) is 0 Å². The van der Waals surface area contributed by atoms with E-state index in [9.17, 15) is 55.9 Å². The third-order valence-electron chi connectivity index (χ3n) is 7.66. The Balaban J connectivity index is 1.81. The van der Waals surface area contributed by atoms with E-state index in [1.54, 1.807) is 0 Å². The number of ether oxygens (including phenoxy) is 2. The summed E-state index contributed by atoms with van der Waals surface area (Å²) in [7, 11) is 0. The van der Waals surface area contributed by atoms with Gasteiger partial charge in [-0.3, -0.25) is 4.79 Å². The van der Waals surface area contributed by atoms with Gasteiger partial charge in [0.25, 0.3) is 0 Å². The summed E-state index contributed by atoms with van der Waals surface area (Å²) >= 11 is 0. The van der Waals surface area contributed by atoms with E-state index in [0.29, 0.717) is 5.56 Å². The van der Waals surface area contributed by atoms with Gasteiger partial charge in [0.2, 0.25) is 0 Å². The normalized spacial score (nSPS) is 34.1. The summed E-state index contributed by atoms with van der Waals surface area (Å²) in [5, 5.41) is 104. The lowest BCUT2D eigenvalue weighted by atomic mass is 9.85. The first-order valence-electron chi connectivity index (χ1n) is 12.7. The fraction of sp³-hybridized carbons (Fsp3) is 0.444. The second-order valence-corrected chi connectivity index (χ2v) is 10.2. The lowest BCUT2D eigenvalue weighted by Gasteiger charge is -2.42. The Morgan fingerprint density at radius 3 is 1.93 bits per heavy atom. The van der Waals surface area contributed by atoms with Crippen LogP contribution in [0.1, 0.15) is 30.3 Å². The van der Waals surface area contributed by atoms with Gasteiger partial charge in [-0.2, -0.15) is 0 Å². The summed E-state index contributed by atoms with van der Waals surface area (Å²) in [5.41, 5.74) is -2.16. The van der Waals surface area contributed by atoms with Gasteiger partial charge in [0.1, 0.15) is 83.3 Å². The fourth-order valence-electron chi connectivity index (χ4n) is 5.34. The molecule has 5 rings (SSSR count). The minimum Gasteiger partial charge on any atom is -0.508 e. The molecule has 0 aliphatic carbocycles. The maximum absolute atomic E-state index is 13.4. The van der Waals surface area contributed by atoms with Crippen LogP contribution in [0.2, 0.25) is 0 Å². The second-order valence-electron chi connectivity index (χ2n) is 10.2. The summed E-state index contributed by atoms with van der Waals surface area (Å²) in [6.07, 6.45) is -16.9. The van der Waals surface area contributed by atoms with Crippen molar-refractivity contribution in [3.63, 3.8) is 0 Å². The van der Waals surface area contributed by atoms with Crippen molar-refractivity contribution in [2.45, 2.75) is 68.0 Å². The number of hydrogen-bond donors (Lipinski definition) is 10. The van der Waals surface area contributed by atoms with Gasteiger partial charge in [-0.15, -0.1) is 0 Å². The lowest BCUT2D eigenvalue weighted by Crippen LogP contribution is -2.55. The number of fused-ring (bicyclic) bond motifs is 1. The van der Waals surface area contributed by atoms with E-state index in [1.165, 1.54) is 31.2 Å². The standard InChI is InChI=1S/C27H30O14/c1-8-17(31)21(35)23(37)27(39-8)16-20(34)15(26-24(38)22(36)18(32)13(7-28)41-26)19(33)14-11(30)6-12(40-25(14)16)9-2-4-10(29)5-3-9/h2-6,8,13,17-18,21-24,26-29,31-38H,7H2,1H3/t8-,13+,17+,18-,21+,22-,23-,24-,26-,27-/m0/s1. The fourth-order valence-corrected chi connectivity index (χ4v) is 5.34. The first kappa shape index (κ1) is 29.2. The Morgan fingerprint density at radius 1 is 0.732 bits per heavy atom. The summed E-state index contributed by atoms with van der Waals surface area (Å²) in [6, 6.07) is 6.51. The molecule has 222 valence electrons. The molecule has 0 saturated carbocycles. The van der Waals surface area contributed by atoms with Crippen molar-refractivity contribution in [2.24, 2.45) is 0 Å². The average Bonchev–Trinajstić information content (AvgIpc) is 2.94. The zero-order valence-corrected chi connectivity index (χ0v) is 21.5. The molecule has 3 aromatic rings. The molecule has 3 heterocycles. The van der Waals surface area contributed by atoms with Crippen molar-refractivity contribution in [3.8, 4) is 28.6 Å². The lowest BCUT2D eigenvalue weighted by molar-refractivity contribution is -0.232. The molecule has 10 atom stereocenters. The van der Waals surface area contributed by atoms with Crippen LogP contribution in [0, 0.1) is 0 Å². The second kappa shape index (κ2) is 10.8. The molecule has 41 heavy (non-hydrogen) atoms. The van der Waals surface area contributed by atoms with Crippen LogP contribution in [0.15, 0.2) is 39.5 Å². The molecule has 2 aliphatic heterocycles. The summed E-state index contributed by atoms with van der Waals surface area (Å²) in [4.78, 5) is 13.4. The van der Waals surface area contributed by atoms with Gasteiger partial charge in [-0.1, -0.05) is 0 Å². The predicted molar refractivity (Wildman–Crippen MR) is 137 cm³/mol. The van der Waals surface area contributed by atoms with Crippen LogP contribution in [0.3, 0.4) is 0 Å². The molecular formula is C27H30O14. The number of phenols is 3. The molecule has 10 N–H and O–H groups in total. The Bertz CT molecular complexity index is 1480. The number of aromatic hydroxyl groups is 3. The minimum atomic E-state index is -1.98. The Morgan fingerprint density at radius 2 is 1.32 bits per heavy atom. The highest BCUT2D eigenvalue weighted by atomic mass is 16.5. The third kappa shape index (κ3) is 4.72. The van der Waals surface area contributed by atoms with Crippen LogP contribution in [-0.2, 0) is 9.47 Å². The molecule has 2 aromatic carbocycles. The maximum Gasteiger partial charge on any atom is 0.197 e. The largest absolute Gasteiger partial charge is 0.508 e. The molecule has 0 radical (unpaired) electrons. The number of hydrogen-bond acceptors (Lipinski definition) is 14. The van der Waals surface area contributed by atoms with Crippen molar-refractivity contribution in [1.82, 2.24) is 0 Å². The highest BCUT2D eigenvalue weighted by molar-refractivity contribution is 5.92. The molecule has 2 aliphatic rings. The van der Waals surface area contributed by atoms with Crippen molar-refractivity contribution < 1.29 is 65.0 Å². The molecule has 0 amide bonds. The predicted octanol–water partition coefficient (Wildman–Crippen LogP) is -1.37. The van der Waals surface area contributed by atoms with E-state index in [0.717, 1.165) is 6.07 Å². The molecule has 2 saturated heterocycles. The van der Waals surface area contributed by atoms with Gasteiger partial charge in [0, 0.05) is 11.6 Å². The molecule has 1 aromatic heterocycles. The Kier molecular flexibility index (Phi) is 7.71. The molecule has 14 nitrogen and oxygen atoms in total. The van der Waals surface area contributed by atoms with Gasteiger partial charge in [-0.05, 0) is 31.2 Å². The van der Waals surface area contributed by atoms with Crippen molar-refractivity contribution >= 4 is 11.0 Å². The van der Waals surface area contributed by atoms with Crippen LogP contribution in [0.25, 0.3) is 22.3 Å². The van der Waals surface area contributed by atoms with Crippen LogP contribution in [-0.4, -0.2) is 107 Å². The molecular weight excluding hydrogens is 548 g/mol. The van der Waals surface area contributed by atoms with Gasteiger partial charge in [0.05, 0.1) is 23.8 Å². The summed E-state index contributed by atoms with van der Waals surface area (Å²) in [6.45, 7) is 0.552. The quantitative estimate of drug-likeness (QED) is 0.172. The molecule has 0 unspecified atom stereocenters. The average molecular weight is 579 g/mol. The number of aliphatic hydroxyl groups excluding tert-OH is 7. The summed E-state index contributed by atoms with van der Waals surface area (Å²) in [5.74, 6) is -2.01. The van der Waals surface area contributed by atoms with E-state index < -0.39 is 107 Å². The first-order valence-corrected chi connectivity index (χ1v) is 12.7. The molecule has 0 spiro atoms. The number of phenolic OH excluding ortho intramolecular Hbond substituents is 3. The topological polar surface area (TPSA) is 251 Å².